The number of fused-ring (bicyclic) bond motifs is 1. The van der Waals surface area contributed by atoms with Crippen LogP contribution in [0.1, 0.15) is 18.7 Å². The Balaban J connectivity index is 2.03. The Morgan fingerprint density at radius 1 is 1.36 bits per heavy atom. The van der Waals surface area contributed by atoms with E-state index in [0.29, 0.717) is 23.3 Å². The highest BCUT2D eigenvalue weighted by Gasteiger charge is 2.38. The van der Waals surface area contributed by atoms with Crippen LogP contribution in [0, 0.1) is 0 Å². The van der Waals surface area contributed by atoms with E-state index in [2.05, 4.69) is 20.6 Å². The number of nitrogens with one attached hydrogen (secondary N) is 1. The van der Waals surface area contributed by atoms with Gasteiger partial charge in [0.05, 0.1) is 0 Å². The fourth-order valence-electron chi connectivity index (χ4n) is 2.59. The lowest BCUT2D eigenvalue weighted by Crippen LogP contribution is -2.42. The summed E-state index contributed by atoms with van der Waals surface area (Å²) in [5, 5.41) is 13.1. The topological polar surface area (TPSA) is 75.4 Å². The Labute approximate surface area is 123 Å². The Hall–Kier alpha value is -2.39. The number of alkyl halides is 3. The molecule has 1 aliphatic rings. The maximum absolute atomic E-state index is 12.9. The van der Waals surface area contributed by atoms with Gasteiger partial charge >= 0.3 is 6.18 Å². The first-order valence-corrected chi connectivity index (χ1v) is 6.69. The van der Waals surface area contributed by atoms with Crippen LogP contribution in [0.2, 0.25) is 0 Å². The lowest BCUT2D eigenvalue weighted by Gasteiger charge is -2.24. The van der Waals surface area contributed by atoms with Gasteiger partial charge in [-0.05, 0) is 25.0 Å². The predicted octanol–water partition coefficient (Wildman–Crippen LogP) is 0.858. The molecule has 0 saturated carbocycles. The Bertz CT molecular complexity index is 712. The largest absolute Gasteiger partial charge is 0.453 e. The number of hydrogen-bond acceptors (Lipinski definition) is 5. The van der Waals surface area contributed by atoms with Crippen LogP contribution in [0.4, 0.5) is 19.0 Å². The number of rotatable bonds is 2. The molecule has 2 aromatic heterocycles. The number of halogens is 3. The highest BCUT2D eigenvalue weighted by molar-refractivity contribution is 5.85. The van der Waals surface area contributed by atoms with Crippen molar-refractivity contribution in [2.75, 3.05) is 18.5 Å². The molecule has 3 rings (SSSR count). The van der Waals surface area contributed by atoms with E-state index in [4.69, 9.17) is 0 Å². The maximum Gasteiger partial charge on any atom is 0.453 e. The zero-order chi connectivity index (χ0) is 15.9. The number of aromatic nitrogens is 4. The van der Waals surface area contributed by atoms with Gasteiger partial charge in [0.2, 0.25) is 5.91 Å². The molecule has 10 heteroatoms. The predicted molar refractivity (Wildman–Crippen MR) is 70.2 cm³/mol. The summed E-state index contributed by atoms with van der Waals surface area (Å²) >= 11 is 0. The molecule has 22 heavy (non-hydrogen) atoms. The molecule has 3 heterocycles. The van der Waals surface area contributed by atoms with Crippen LogP contribution in [-0.4, -0.2) is 45.4 Å². The summed E-state index contributed by atoms with van der Waals surface area (Å²) in [5.41, 5.74) is 0.00626. The van der Waals surface area contributed by atoms with Crippen LogP contribution >= 0.6 is 0 Å². The van der Waals surface area contributed by atoms with Crippen LogP contribution in [0.3, 0.4) is 0 Å². The third-order valence-corrected chi connectivity index (χ3v) is 3.60. The van der Waals surface area contributed by atoms with Crippen molar-refractivity contribution in [2.45, 2.75) is 25.1 Å². The van der Waals surface area contributed by atoms with E-state index >= 15 is 0 Å². The molecule has 0 aliphatic carbocycles. The van der Waals surface area contributed by atoms with Gasteiger partial charge in [0.25, 0.3) is 5.82 Å². The van der Waals surface area contributed by atoms with Crippen LogP contribution in [0.25, 0.3) is 5.65 Å². The fourth-order valence-corrected chi connectivity index (χ4v) is 2.59. The Kier molecular flexibility index (Phi) is 3.38. The number of carbonyl (C=O) groups excluding carboxylic acids is 1. The van der Waals surface area contributed by atoms with E-state index in [1.165, 1.54) is 13.1 Å². The Morgan fingerprint density at radius 3 is 2.82 bits per heavy atom. The quantitative estimate of drug-likeness (QED) is 0.890. The smallest absolute Gasteiger partial charge is 0.357 e. The molecule has 1 N–H and O–H groups in total. The minimum absolute atomic E-state index is 0.00626. The molecule has 118 valence electrons. The second-order valence-corrected chi connectivity index (χ2v) is 4.95. The van der Waals surface area contributed by atoms with E-state index in [0.717, 1.165) is 6.42 Å². The van der Waals surface area contributed by atoms with Gasteiger partial charge in [-0.3, -0.25) is 4.79 Å². The number of likely N-dealkylation sites (N-methyl/N-ethyl adjacent to an activating group) is 1. The van der Waals surface area contributed by atoms with Gasteiger partial charge in [0.1, 0.15) is 11.9 Å². The van der Waals surface area contributed by atoms with Crippen molar-refractivity contribution in [2.24, 2.45) is 0 Å². The van der Waals surface area contributed by atoms with Crippen LogP contribution < -0.4 is 10.2 Å². The summed E-state index contributed by atoms with van der Waals surface area (Å²) in [7, 11) is 1.52. The SMILES string of the molecule is CNC(=O)C1CCCN1c1ccc2nnc(C(F)(F)F)n2n1. The maximum atomic E-state index is 12.9. The third-order valence-electron chi connectivity index (χ3n) is 3.60. The molecule has 1 atom stereocenters. The molecule has 0 radical (unpaired) electrons. The van der Waals surface area contributed by atoms with Gasteiger partial charge in [0, 0.05) is 13.6 Å². The monoisotopic (exact) mass is 314 g/mol. The second kappa shape index (κ2) is 5.11. The molecular formula is C12H13F3N6O. The van der Waals surface area contributed by atoms with Gasteiger partial charge < -0.3 is 10.2 Å². The van der Waals surface area contributed by atoms with Crippen molar-refractivity contribution >= 4 is 17.4 Å². The van der Waals surface area contributed by atoms with E-state index in [9.17, 15) is 18.0 Å². The first-order chi connectivity index (χ1) is 10.4. The average molecular weight is 314 g/mol. The number of hydrogen-bond donors (Lipinski definition) is 1. The molecular weight excluding hydrogens is 301 g/mol. The summed E-state index contributed by atoms with van der Waals surface area (Å²) < 4.78 is 39.3. The zero-order valence-electron chi connectivity index (χ0n) is 11.6. The van der Waals surface area contributed by atoms with Gasteiger partial charge in [0.15, 0.2) is 5.65 Å². The molecule has 1 saturated heterocycles. The van der Waals surface area contributed by atoms with Crippen molar-refractivity contribution in [1.29, 1.82) is 0 Å². The molecule has 1 amide bonds. The first-order valence-electron chi connectivity index (χ1n) is 6.69. The van der Waals surface area contributed by atoms with Crippen molar-refractivity contribution in [1.82, 2.24) is 25.1 Å². The number of amides is 1. The fraction of sp³-hybridized carbons (Fsp3) is 0.500. The van der Waals surface area contributed by atoms with E-state index in [-0.39, 0.29) is 11.6 Å². The average Bonchev–Trinajstić information content (AvgIpc) is 3.11. The number of carbonyl (C=O) groups is 1. The molecule has 7 nitrogen and oxygen atoms in total. The zero-order valence-corrected chi connectivity index (χ0v) is 11.6. The minimum atomic E-state index is -4.64. The lowest BCUT2D eigenvalue weighted by atomic mass is 10.2. The second-order valence-electron chi connectivity index (χ2n) is 4.95. The summed E-state index contributed by atoms with van der Waals surface area (Å²) in [5.74, 6) is -1.07. The molecule has 2 aromatic rings. The van der Waals surface area contributed by atoms with Gasteiger partial charge in [-0.1, -0.05) is 0 Å². The molecule has 1 unspecified atom stereocenters. The number of anilines is 1. The molecule has 0 bridgehead atoms. The van der Waals surface area contributed by atoms with Crippen LogP contribution in [-0.2, 0) is 11.0 Å². The lowest BCUT2D eigenvalue weighted by molar-refractivity contribution is -0.146. The van der Waals surface area contributed by atoms with Crippen molar-refractivity contribution < 1.29 is 18.0 Å². The summed E-state index contributed by atoms with van der Waals surface area (Å²) in [6.45, 7) is 0.556. The minimum Gasteiger partial charge on any atom is -0.357 e. The van der Waals surface area contributed by atoms with E-state index < -0.39 is 18.0 Å². The molecule has 0 spiro atoms. The molecule has 1 fully saturated rings. The number of nitrogens with zero attached hydrogens (tertiary/aromatic N) is 5. The van der Waals surface area contributed by atoms with Gasteiger partial charge in [-0.15, -0.1) is 15.3 Å². The van der Waals surface area contributed by atoms with E-state index in [1.807, 2.05) is 0 Å². The van der Waals surface area contributed by atoms with Crippen molar-refractivity contribution in [3.05, 3.63) is 18.0 Å². The summed E-state index contributed by atoms with van der Waals surface area (Å²) in [6, 6.07) is 2.52. The molecule has 0 aromatic carbocycles. The summed E-state index contributed by atoms with van der Waals surface area (Å²) in [4.78, 5) is 13.5. The van der Waals surface area contributed by atoms with Gasteiger partial charge in [-0.2, -0.15) is 17.7 Å². The van der Waals surface area contributed by atoms with Gasteiger partial charge in [-0.25, -0.2) is 0 Å². The van der Waals surface area contributed by atoms with Crippen molar-refractivity contribution in [3.8, 4) is 0 Å². The van der Waals surface area contributed by atoms with Crippen molar-refractivity contribution in [3.63, 3.8) is 0 Å². The standard InChI is InChI=1S/C12H13F3N6O/c1-16-10(22)7-3-2-6-20(7)9-5-4-8-17-18-11(12(13,14)15)21(8)19-9/h4-5,7H,2-3,6H2,1H3,(H,16,22). The molecule has 1 aliphatic heterocycles. The highest BCUT2D eigenvalue weighted by Crippen LogP contribution is 2.29. The third kappa shape index (κ3) is 2.34. The highest BCUT2D eigenvalue weighted by atomic mass is 19.4. The summed E-state index contributed by atoms with van der Waals surface area (Å²) in [6.07, 6.45) is -3.24. The van der Waals surface area contributed by atoms with Crippen LogP contribution in [0.15, 0.2) is 12.1 Å². The van der Waals surface area contributed by atoms with Crippen LogP contribution in [0.5, 0.6) is 0 Å². The normalized spacial score (nSPS) is 18.9. The first kappa shape index (κ1) is 14.5. The Morgan fingerprint density at radius 2 is 2.14 bits per heavy atom. The van der Waals surface area contributed by atoms with E-state index in [1.54, 1.807) is 11.0 Å².